The fourth-order valence-electron chi connectivity index (χ4n) is 2.16. The molecule has 2 rings (SSSR count). The molecular formula is C15H23NO3S. The smallest absolute Gasteiger partial charge is 0.161 e. The van der Waals surface area contributed by atoms with Gasteiger partial charge >= 0.3 is 0 Å². The van der Waals surface area contributed by atoms with Crippen molar-refractivity contribution >= 4 is 11.8 Å². The third kappa shape index (κ3) is 4.58. The molecule has 4 nitrogen and oxygen atoms in total. The highest BCUT2D eigenvalue weighted by Gasteiger charge is 2.18. The average molecular weight is 297 g/mol. The van der Waals surface area contributed by atoms with E-state index in [0.29, 0.717) is 26.3 Å². The van der Waals surface area contributed by atoms with E-state index >= 15 is 0 Å². The van der Waals surface area contributed by atoms with Crippen LogP contribution < -0.4 is 14.8 Å². The maximum Gasteiger partial charge on any atom is 0.161 e. The molecule has 2 N–H and O–H groups in total. The second-order valence-electron chi connectivity index (χ2n) is 5.37. The Hall–Kier alpha value is -0.910. The molecule has 1 aromatic carbocycles. The van der Waals surface area contributed by atoms with Crippen molar-refractivity contribution in [2.24, 2.45) is 0 Å². The minimum Gasteiger partial charge on any atom is -0.490 e. The summed E-state index contributed by atoms with van der Waals surface area (Å²) < 4.78 is 11.3. The van der Waals surface area contributed by atoms with Crippen molar-refractivity contribution in [3.63, 3.8) is 0 Å². The van der Waals surface area contributed by atoms with Gasteiger partial charge in [-0.05, 0) is 30.9 Å². The summed E-state index contributed by atoms with van der Waals surface area (Å²) in [7, 11) is 0. The largest absolute Gasteiger partial charge is 0.490 e. The normalized spacial score (nSPS) is 17.4. The van der Waals surface area contributed by atoms with E-state index < -0.39 is 5.60 Å². The van der Waals surface area contributed by atoms with Crippen LogP contribution in [0.25, 0.3) is 0 Å². The molecule has 0 spiro atoms. The van der Waals surface area contributed by atoms with Gasteiger partial charge in [0.05, 0.1) is 18.8 Å². The number of ether oxygens (including phenoxy) is 2. The highest BCUT2D eigenvalue weighted by Crippen LogP contribution is 2.30. The van der Waals surface area contributed by atoms with Crippen LogP contribution >= 0.6 is 11.8 Å². The quantitative estimate of drug-likeness (QED) is 0.841. The number of aliphatic hydroxyl groups is 1. The van der Waals surface area contributed by atoms with E-state index in [-0.39, 0.29) is 0 Å². The van der Waals surface area contributed by atoms with Gasteiger partial charge in [0, 0.05) is 25.3 Å². The van der Waals surface area contributed by atoms with Gasteiger partial charge in [0.15, 0.2) is 11.5 Å². The van der Waals surface area contributed by atoms with Crippen LogP contribution in [0.15, 0.2) is 18.2 Å². The predicted molar refractivity (Wildman–Crippen MR) is 82.8 cm³/mol. The van der Waals surface area contributed by atoms with E-state index in [0.717, 1.165) is 29.2 Å². The lowest BCUT2D eigenvalue weighted by Gasteiger charge is -2.22. The Morgan fingerprint density at radius 2 is 2.05 bits per heavy atom. The van der Waals surface area contributed by atoms with Gasteiger partial charge in [0.2, 0.25) is 0 Å². The van der Waals surface area contributed by atoms with Gasteiger partial charge in [-0.3, -0.25) is 0 Å². The molecule has 1 heterocycles. The van der Waals surface area contributed by atoms with Gasteiger partial charge < -0.3 is 19.9 Å². The van der Waals surface area contributed by atoms with Crippen molar-refractivity contribution in [2.45, 2.75) is 25.5 Å². The molecule has 1 unspecified atom stereocenters. The Balaban J connectivity index is 1.89. The van der Waals surface area contributed by atoms with Crippen LogP contribution in [0.2, 0.25) is 0 Å². The third-order valence-corrected chi connectivity index (χ3v) is 4.01. The lowest BCUT2D eigenvalue weighted by molar-refractivity contribution is 0.0846. The van der Waals surface area contributed by atoms with Crippen LogP contribution in [0.5, 0.6) is 11.5 Å². The minimum atomic E-state index is -0.676. The molecule has 112 valence electrons. The van der Waals surface area contributed by atoms with E-state index in [4.69, 9.17) is 9.47 Å². The molecule has 0 aliphatic carbocycles. The topological polar surface area (TPSA) is 50.7 Å². The van der Waals surface area contributed by atoms with Gasteiger partial charge in [-0.1, -0.05) is 6.07 Å². The molecule has 1 aliphatic heterocycles. The second-order valence-corrected chi connectivity index (χ2v) is 6.23. The number of hydrogen-bond donors (Lipinski definition) is 2. The Labute approximate surface area is 124 Å². The van der Waals surface area contributed by atoms with Gasteiger partial charge in [-0.2, -0.15) is 11.8 Å². The first-order valence-corrected chi connectivity index (χ1v) is 8.31. The number of hydrogen-bond acceptors (Lipinski definition) is 5. The van der Waals surface area contributed by atoms with Crippen molar-refractivity contribution in [3.05, 3.63) is 23.8 Å². The number of fused-ring (bicyclic) bond motifs is 1. The lowest BCUT2D eigenvalue weighted by atomic mass is 10.1. The molecule has 5 heteroatoms. The average Bonchev–Trinajstić information content (AvgIpc) is 2.63. The summed E-state index contributed by atoms with van der Waals surface area (Å²) in [6, 6.07) is 6.00. The fourth-order valence-corrected chi connectivity index (χ4v) is 2.88. The molecule has 1 aliphatic rings. The number of benzene rings is 1. The Bertz CT molecular complexity index is 437. The van der Waals surface area contributed by atoms with Crippen LogP contribution in [0, 0.1) is 0 Å². The van der Waals surface area contributed by atoms with Crippen LogP contribution in [-0.4, -0.2) is 42.5 Å². The highest BCUT2D eigenvalue weighted by molar-refractivity contribution is 7.98. The summed E-state index contributed by atoms with van der Waals surface area (Å²) in [6.45, 7) is 4.54. The fraction of sp³-hybridized carbons (Fsp3) is 0.600. The summed E-state index contributed by atoms with van der Waals surface area (Å²) >= 11 is 1.65. The number of nitrogens with one attached hydrogen (secondary N) is 1. The second kappa shape index (κ2) is 7.20. The standard InChI is InChI=1S/C15H23NO3S/c1-15(17,11-20-2)10-16-9-12-4-5-13-14(8-12)19-7-3-6-18-13/h4-5,8,16-17H,3,6-7,9-11H2,1-2H3. The van der Waals surface area contributed by atoms with Crippen molar-refractivity contribution in [1.29, 1.82) is 0 Å². The van der Waals surface area contributed by atoms with Gasteiger partial charge in [0.1, 0.15) is 0 Å². The zero-order valence-corrected chi connectivity index (χ0v) is 13.0. The van der Waals surface area contributed by atoms with Crippen LogP contribution in [0.3, 0.4) is 0 Å². The van der Waals surface area contributed by atoms with E-state index in [2.05, 4.69) is 5.32 Å². The number of thioether (sulfide) groups is 1. The highest BCUT2D eigenvalue weighted by atomic mass is 32.2. The molecule has 1 aromatic rings. The van der Waals surface area contributed by atoms with Crippen LogP contribution in [0.1, 0.15) is 18.9 Å². The summed E-state index contributed by atoms with van der Waals surface area (Å²) in [5, 5.41) is 13.4. The molecule has 0 aromatic heterocycles. The van der Waals surface area contributed by atoms with Crippen LogP contribution in [0.4, 0.5) is 0 Å². The number of rotatable bonds is 6. The molecule has 0 saturated heterocycles. The van der Waals surface area contributed by atoms with E-state index in [1.807, 2.05) is 31.4 Å². The SMILES string of the molecule is CSCC(C)(O)CNCc1ccc2c(c1)OCCCO2. The van der Waals surface area contributed by atoms with E-state index in [9.17, 15) is 5.11 Å². The van der Waals surface area contributed by atoms with Crippen LogP contribution in [-0.2, 0) is 6.54 Å². The molecule has 0 amide bonds. The lowest BCUT2D eigenvalue weighted by Crippen LogP contribution is -2.39. The first kappa shape index (κ1) is 15.5. The Morgan fingerprint density at radius 1 is 1.30 bits per heavy atom. The van der Waals surface area contributed by atoms with Crippen molar-refractivity contribution in [1.82, 2.24) is 5.32 Å². The molecule has 0 saturated carbocycles. The maximum atomic E-state index is 10.1. The molecule has 1 atom stereocenters. The molecular weight excluding hydrogens is 274 g/mol. The Morgan fingerprint density at radius 3 is 2.80 bits per heavy atom. The van der Waals surface area contributed by atoms with Crippen molar-refractivity contribution < 1.29 is 14.6 Å². The van der Waals surface area contributed by atoms with Crippen molar-refractivity contribution in [3.8, 4) is 11.5 Å². The maximum absolute atomic E-state index is 10.1. The minimum absolute atomic E-state index is 0.572. The molecule has 0 radical (unpaired) electrons. The van der Waals surface area contributed by atoms with E-state index in [1.165, 1.54) is 0 Å². The predicted octanol–water partition coefficient (Wildman–Crippen LogP) is 2.05. The van der Waals surface area contributed by atoms with E-state index in [1.54, 1.807) is 11.8 Å². The Kier molecular flexibility index (Phi) is 5.57. The zero-order valence-electron chi connectivity index (χ0n) is 12.1. The first-order valence-electron chi connectivity index (χ1n) is 6.91. The monoisotopic (exact) mass is 297 g/mol. The first-order chi connectivity index (χ1) is 9.61. The summed E-state index contributed by atoms with van der Waals surface area (Å²) in [5.74, 6) is 2.36. The zero-order chi connectivity index (χ0) is 14.4. The summed E-state index contributed by atoms with van der Waals surface area (Å²) in [4.78, 5) is 0. The van der Waals surface area contributed by atoms with Crippen molar-refractivity contribution in [2.75, 3.05) is 31.8 Å². The molecule has 0 bridgehead atoms. The molecule has 0 fully saturated rings. The van der Waals surface area contributed by atoms with Gasteiger partial charge in [-0.25, -0.2) is 0 Å². The van der Waals surface area contributed by atoms with Gasteiger partial charge in [0.25, 0.3) is 0 Å². The third-order valence-electron chi connectivity index (χ3n) is 3.10. The van der Waals surface area contributed by atoms with Gasteiger partial charge in [-0.15, -0.1) is 0 Å². The summed E-state index contributed by atoms with van der Waals surface area (Å²) in [6.07, 6.45) is 2.91. The summed E-state index contributed by atoms with van der Waals surface area (Å²) in [5.41, 5.74) is 0.458. The molecule has 20 heavy (non-hydrogen) atoms.